The summed E-state index contributed by atoms with van der Waals surface area (Å²) in [5.74, 6) is -8.80. The van der Waals surface area contributed by atoms with Crippen molar-refractivity contribution in [2.75, 3.05) is 39.8 Å². The van der Waals surface area contributed by atoms with Crippen molar-refractivity contribution in [1.29, 1.82) is 10.8 Å². The Morgan fingerprint density at radius 1 is 0.689 bits per heavy atom. The van der Waals surface area contributed by atoms with Gasteiger partial charge >= 0.3 is 0 Å². The number of nitrogens with two attached hydrogens (primary N) is 2. The van der Waals surface area contributed by atoms with Crippen LogP contribution < -0.4 is 70.0 Å². The van der Waals surface area contributed by atoms with Gasteiger partial charge in [-0.3, -0.25) is 63.6 Å². The van der Waals surface area contributed by atoms with Crippen LogP contribution in [-0.2, 0) is 72.0 Å². The molecule has 3 fully saturated rings. The Kier molecular flexibility index (Phi) is 24.5. The molecule has 484 valence electrons. The Bertz CT molecular complexity index is 3230. The maximum Gasteiger partial charge on any atom is 0.246 e. The molecule has 3 aliphatic heterocycles. The topological polar surface area (TPSA) is 471 Å². The van der Waals surface area contributed by atoms with Crippen molar-refractivity contribution in [3.05, 3.63) is 90.1 Å². The average molecular weight is 1250 g/mol. The summed E-state index contributed by atoms with van der Waals surface area (Å²) in [5, 5.41) is 45.4. The highest BCUT2D eigenvalue weighted by Crippen LogP contribution is 2.27. The molecule has 0 radical (unpaired) electrons. The van der Waals surface area contributed by atoms with Crippen LogP contribution in [0.5, 0.6) is 0 Å². The molecule has 9 atom stereocenters. The number of aromatic amines is 2. The third-order valence-corrected chi connectivity index (χ3v) is 15.9. The van der Waals surface area contributed by atoms with Gasteiger partial charge in [-0.25, -0.2) is 4.98 Å². The zero-order valence-electron chi connectivity index (χ0n) is 50.3. The Morgan fingerprint density at radius 2 is 1.29 bits per heavy atom. The van der Waals surface area contributed by atoms with Crippen molar-refractivity contribution in [2.24, 2.45) is 11.5 Å². The highest BCUT2D eigenvalue weighted by molar-refractivity contribution is 6.00. The molecule has 3 saturated heterocycles. The molecule has 11 amide bonds. The molecule has 0 saturated carbocycles. The Labute approximate surface area is 519 Å². The maximum absolute atomic E-state index is 15.3. The number of hydrogen-bond acceptors (Lipinski definition) is 14. The third kappa shape index (κ3) is 19.2. The smallest absolute Gasteiger partial charge is 0.246 e. The number of para-hydroxylation sites is 1. The molecule has 0 spiro atoms. The Morgan fingerprint density at radius 3 is 1.96 bits per heavy atom. The maximum atomic E-state index is 15.3. The molecule has 31 heteroatoms. The minimum atomic E-state index is -1.57. The van der Waals surface area contributed by atoms with E-state index in [1.54, 1.807) is 54.7 Å². The number of hydrogen-bond donors (Lipinski definition) is 17. The van der Waals surface area contributed by atoms with Crippen molar-refractivity contribution in [3.8, 4) is 0 Å². The number of fused-ring (bicyclic) bond motifs is 1. The average Bonchev–Trinajstić information content (AvgIpc) is 1.81. The van der Waals surface area contributed by atoms with E-state index in [0.29, 0.717) is 47.0 Å². The van der Waals surface area contributed by atoms with Gasteiger partial charge in [0, 0.05) is 95.7 Å². The van der Waals surface area contributed by atoms with E-state index in [2.05, 4.69) is 73.4 Å². The van der Waals surface area contributed by atoms with Gasteiger partial charge in [0.25, 0.3) is 0 Å². The molecule has 2 aromatic carbocycles. The number of aromatic nitrogens is 3. The minimum absolute atomic E-state index is 0.0260. The summed E-state index contributed by atoms with van der Waals surface area (Å²) in [5.41, 5.74) is 13.2. The fourth-order valence-electron chi connectivity index (χ4n) is 11.3. The van der Waals surface area contributed by atoms with Gasteiger partial charge in [-0.15, -0.1) is 0 Å². The summed E-state index contributed by atoms with van der Waals surface area (Å²) >= 11 is 0. The number of guanidine groups is 2. The highest BCUT2D eigenvalue weighted by Gasteiger charge is 2.45. The van der Waals surface area contributed by atoms with Gasteiger partial charge in [0.15, 0.2) is 11.9 Å². The van der Waals surface area contributed by atoms with Gasteiger partial charge in [0.2, 0.25) is 65.0 Å². The van der Waals surface area contributed by atoms with E-state index in [4.69, 9.17) is 22.3 Å². The second-order valence-corrected chi connectivity index (χ2v) is 22.4. The van der Waals surface area contributed by atoms with Crippen molar-refractivity contribution in [1.82, 2.24) is 83.2 Å². The molecule has 5 heterocycles. The number of carbonyl (C=O) groups is 11. The number of nitrogens with one attached hydrogen (secondary N) is 15. The highest BCUT2D eigenvalue weighted by atomic mass is 16.2. The molecular weight excluding hydrogens is 1160 g/mol. The fraction of sp³-hybridized carbons (Fsp3) is 0.492. The van der Waals surface area contributed by atoms with Crippen LogP contribution in [0.15, 0.2) is 73.3 Å². The van der Waals surface area contributed by atoms with Crippen LogP contribution in [0.2, 0.25) is 0 Å². The van der Waals surface area contributed by atoms with Crippen molar-refractivity contribution in [2.45, 2.75) is 145 Å². The second kappa shape index (κ2) is 32.8. The largest absolute Gasteiger partial charge is 0.370 e. The first kappa shape index (κ1) is 67.4. The lowest BCUT2D eigenvalue weighted by Gasteiger charge is -2.33. The lowest BCUT2D eigenvalue weighted by atomic mass is 10.0. The lowest BCUT2D eigenvalue weighted by molar-refractivity contribution is -0.148. The first-order valence-corrected chi connectivity index (χ1v) is 30.1. The van der Waals surface area contributed by atoms with E-state index in [0.717, 1.165) is 6.92 Å². The number of likely N-dealkylation sites (N-methyl/N-ethyl adjacent to an activating group) is 1. The van der Waals surface area contributed by atoms with E-state index < -0.39 is 139 Å². The number of benzene rings is 2. The van der Waals surface area contributed by atoms with Gasteiger partial charge < -0.3 is 89.7 Å². The number of likely N-dealkylation sites (tertiary alicyclic amines) is 2. The van der Waals surface area contributed by atoms with Gasteiger partial charge in [-0.05, 0) is 75.0 Å². The van der Waals surface area contributed by atoms with Crippen LogP contribution in [-0.4, -0.2) is 196 Å². The first-order valence-electron chi connectivity index (χ1n) is 30.1. The number of amides is 11. The van der Waals surface area contributed by atoms with E-state index in [9.17, 15) is 38.4 Å². The number of nitrogens with zero attached hydrogens (tertiary/aromatic N) is 3. The summed E-state index contributed by atoms with van der Waals surface area (Å²) in [4.78, 5) is 171. The van der Waals surface area contributed by atoms with Gasteiger partial charge in [0.05, 0.1) is 12.0 Å². The van der Waals surface area contributed by atoms with Crippen LogP contribution in [0.4, 0.5) is 0 Å². The molecule has 4 aromatic rings. The molecule has 0 unspecified atom stereocenters. The van der Waals surface area contributed by atoms with E-state index in [1.807, 2.05) is 6.07 Å². The SMILES string of the molecule is CNC(=O)[C@H](CCCNC(=N)N)NC(=O)[C@@H]1CCCN1C(=O)[C@@H]1CCCN1C(=O)[C@@H]1CCC(=O)NC[C@H](NC(C)=O)C(=O)N[C@@H](Cc2c[nH]cn2)C(=O)N[C@H](Cc2ccccc2)C(=O)N[C@@H](CCCNC(=N)N)C(=O)N[C@@H](Cc2c[nH]c3ccccc23)C(=O)N1. The molecule has 0 bridgehead atoms. The van der Waals surface area contributed by atoms with Crippen LogP contribution >= 0.6 is 0 Å². The molecular formula is C59H82N20O11. The molecule has 90 heavy (non-hydrogen) atoms. The van der Waals surface area contributed by atoms with Crippen LogP contribution in [0.1, 0.15) is 88.0 Å². The molecule has 31 nitrogen and oxygen atoms in total. The molecule has 7 rings (SSSR count). The predicted molar refractivity (Wildman–Crippen MR) is 328 cm³/mol. The summed E-state index contributed by atoms with van der Waals surface area (Å²) in [7, 11) is 1.42. The number of imidazole rings is 1. The van der Waals surface area contributed by atoms with Crippen molar-refractivity contribution < 1.29 is 52.7 Å². The first-order chi connectivity index (χ1) is 43.2. The predicted octanol–water partition coefficient (Wildman–Crippen LogP) is -3.50. The van der Waals surface area contributed by atoms with Gasteiger partial charge in [-0.1, -0.05) is 48.5 Å². The summed E-state index contributed by atoms with van der Waals surface area (Å²) < 4.78 is 0. The summed E-state index contributed by atoms with van der Waals surface area (Å²) in [6.07, 6.45) is 4.82. The van der Waals surface area contributed by atoms with Crippen LogP contribution in [0.25, 0.3) is 10.9 Å². The lowest BCUT2D eigenvalue weighted by Crippen LogP contribution is -2.61. The monoisotopic (exact) mass is 1250 g/mol. The quantitative estimate of drug-likeness (QED) is 0.0232. The van der Waals surface area contributed by atoms with E-state index in [1.165, 1.54) is 29.4 Å². The fourth-order valence-corrected chi connectivity index (χ4v) is 11.3. The minimum Gasteiger partial charge on any atom is -0.370 e. The van der Waals surface area contributed by atoms with Crippen molar-refractivity contribution in [3.63, 3.8) is 0 Å². The van der Waals surface area contributed by atoms with Crippen molar-refractivity contribution >= 4 is 87.8 Å². The summed E-state index contributed by atoms with van der Waals surface area (Å²) in [6.45, 7) is 1.13. The molecule has 2 aromatic heterocycles. The van der Waals surface area contributed by atoms with Crippen LogP contribution in [0, 0.1) is 10.8 Å². The third-order valence-electron chi connectivity index (χ3n) is 15.9. The van der Waals surface area contributed by atoms with E-state index in [-0.39, 0.29) is 89.5 Å². The molecule has 0 aliphatic carbocycles. The standard InChI is InChI=1S/C59H82N20O11/c1-33(80)71-45-31-69-48(81)21-20-41(56(89)79-25-11-19-47(79)57(90)78-24-10-18-46(78)55(88)73-39(49(82)64-2)16-8-22-66-58(60)61)74-52(85)43(27-35-29-68-38-15-7-6-14-37(35)38)76-50(83)40(17-9-23-67-59(62)63)72-51(84)42(26-34-12-4-3-5-13-34)75-53(86)44(77-54(45)87)28-36-30-65-32-70-36/h3-7,12-15,29-30,32,39-47,68H,8-11,16-28,31H2,1-2H3,(H,64,82)(H,65,70)(H,69,81)(H,71,80)(H,72,84)(H,73,88)(H,74,85)(H,75,86)(H,76,83)(H,77,87)(H4,60,61,66)(H4,62,63,67)/t39-,40-,41-,42+,43-,44-,45-,46-,47-/m0/s1. The summed E-state index contributed by atoms with van der Waals surface area (Å²) in [6, 6.07) is 3.83. The molecule has 19 N–H and O–H groups in total. The second-order valence-electron chi connectivity index (χ2n) is 22.4. The Balaban J connectivity index is 1.24. The van der Waals surface area contributed by atoms with Crippen LogP contribution in [0.3, 0.4) is 0 Å². The number of carbonyl (C=O) groups excluding carboxylic acids is 11. The Hall–Kier alpha value is -10.1. The number of rotatable bonds is 20. The number of H-pyrrole nitrogens is 2. The van der Waals surface area contributed by atoms with Gasteiger partial charge in [-0.2, -0.15) is 0 Å². The van der Waals surface area contributed by atoms with E-state index >= 15 is 14.4 Å². The zero-order chi connectivity index (χ0) is 64.9. The van der Waals surface area contributed by atoms with Gasteiger partial charge in [0.1, 0.15) is 54.4 Å². The molecule has 3 aliphatic rings. The zero-order valence-corrected chi connectivity index (χ0v) is 50.3. The normalized spacial score (nSPS) is 22.6.